The van der Waals surface area contributed by atoms with Gasteiger partial charge in [0.25, 0.3) is 0 Å². The van der Waals surface area contributed by atoms with Crippen LogP contribution in [0.25, 0.3) is 11.1 Å². The van der Waals surface area contributed by atoms with E-state index in [2.05, 4.69) is 79.5 Å². The molecule has 0 fully saturated rings. The van der Waals surface area contributed by atoms with E-state index in [-0.39, 0.29) is 0 Å². The highest BCUT2D eigenvalue weighted by molar-refractivity contribution is 5.97. The average molecular weight is 434 g/mol. The molecule has 0 N–H and O–H groups in total. The molecule has 33 heavy (non-hydrogen) atoms. The second kappa shape index (κ2) is 6.63. The monoisotopic (exact) mass is 433 g/mol. The van der Waals surface area contributed by atoms with Crippen LogP contribution in [-0.2, 0) is 19.3 Å². The maximum atomic E-state index is 2.58. The average Bonchev–Trinajstić information content (AvgIpc) is 2.80. The van der Waals surface area contributed by atoms with Gasteiger partial charge >= 0.3 is 0 Å². The highest BCUT2D eigenvalue weighted by Gasteiger charge is 2.36. The molecular weight excluding hydrogens is 398 g/mol. The van der Waals surface area contributed by atoms with Gasteiger partial charge in [0.2, 0.25) is 0 Å². The first-order valence-corrected chi connectivity index (χ1v) is 12.5. The number of rotatable bonds is 0. The fourth-order valence-electron chi connectivity index (χ4n) is 7.02. The van der Waals surface area contributed by atoms with Crippen LogP contribution < -0.4 is 4.90 Å². The van der Waals surface area contributed by atoms with E-state index in [1.54, 1.807) is 22.3 Å². The third kappa shape index (κ3) is 2.38. The molecule has 0 spiro atoms. The van der Waals surface area contributed by atoms with Crippen molar-refractivity contribution < 1.29 is 0 Å². The molecule has 6 rings (SSSR count). The van der Waals surface area contributed by atoms with Gasteiger partial charge in [0.15, 0.2) is 0 Å². The molecule has 168 valence electrons. The van der Waals surface area contributed by atoms with Crippen LogP contribution in [0.3, 0.4) is 0 Å². The van der Waals surface area contributed by atoms with Crippen LogP contribution >= 0.6 is 0 Å². The molecule has 0 radical (unpaired) electrons. The summed E-state index contributed by atoms with van der Waals surface area (Å²) in [6.07, 6.45) is 7.87. The first kappa shape index (κ1) is 20.8. The molecule has 0 unspecified atom stereocenters. The van der Waals surface area contributed by atoms with Gasteiger partial charge in [-0.1, -0.05) is 6.08 Å². The molecule has 0 amide bonds. The third-order valence-electron chi connectivity index (χ3n) is 9.69. The van der Waals surface area contributed by atoms with Crippen molar-refractivity contribution in [2.75, 3.05) is 4.90 Å². The number of hydrogen-bond acceptors (Lipinski definition) is 1. The van der Waals surface area contributed by atoms with Crippen molar-refractivity contribution in [2.45, 2.75) is 81.6 Å². The van der Waals surface area contributed by atoms with Crippen LogP contribution in [0.2, 0.25) is 0 Å². The highest BCUT2D eigenvalue weighted by Crippen LogP contribution is 2.55. The van der Waals surface area contributed by atoms with Crippen molar-refractivity contribution >= 4 is 11.4 Å². The summed E-state index contributed by atoms with van der Waals surface area (Å²) in [5.41, 5.74) is 26.9. The SMILES string of the molecule is Cc1c(C)c2c3c(c1C)-c1c(C)c(C)c(C)c4c1N(C=CC4)c1c(C)c(C)c(C)c(c1C3)C2. The van der Waals surface area contributed by atoms with Gasteiger partial charge in [0, 0.05) is 18.2 Å². The minimum atomic E-state index is 1.02. The molecule has 2 heterocycles. The summed E-state index contributed by atoms with van der Waals surface area (Å²) in [6, 6.07) is 0. The van der Waals surface area contributed by atoms with E-state index >= 15 is 0 Å². The lowest BCUT2D eigenvalue weighted by molar-refractivity contribution is 0.933. The summed E-state index contributed by atoms with van der Waals surface area (Å²) < 4.78 is 0. The Labute approximate surface area is 199 Å². The highest BCUT2D eigenvalue weighted by atomic mass is 15.1. The largest absolute Gasteiger partial charge is 0.316 e. The van der Waals surface area contributed by atoms with Gasteiger partial charge in [-0.15, -0.1) is 0 Å². The minimum absolute atomic E-state index is 1.02. The quantitative estimate of drug-likeness (QED) is 0.270. The molecule has 0 saturated carbocycles. The third-order valence-corrected chi connectivity index (χ3v) is 9.69. The summed E-state index contributed by atoms with van der Waals surface area (Å²) in [5, 5.41) is 0. The van der Waals surface area contributed by atoms with Gasteiger partial charge < -0.3 is 4.90 Å². The van der Waals surface area contributed by atoms with Crippen LogP contribution in [0, 0.1) is 62.3 Å². The van der Waals surface area contributed by atoms with Crippen LogP contribution in [-0.4, -0.2) is 0 Å². The van der Waals surface area contributed by atoms with E-state index in [1.807, 2.05) is 0 Å². The van der Waals surface area contributed by atoms with E-state index in [0.717, 1.165) is 19.3 Å². The van der Waals surface area contributed by atoms with Crippen molar-refractivity contribution in [2.24, 2.45) is 0 Å². The zero-order chi connectivity index (χ0) is 23.5. The van der Waals surface area contributed by atoms with Crippen molar-refractivity contribution in [3.05, 3.63) is 90.2 Å². The Kier molecular flexibility index (Phi) is 4.17. The number of hydrogen-bond donors (Lipinski definition) is 0. The van der Waals surface area contributed by atoms with Crippen LogP contribution in [0.4, 0.5) is 11.4 Å². The Bertz CT molecular complexity index is 1460. The van der Waals surface area contributed by atoms with Gasteiger partial charge in [-0.05, 0) is 159 Å². The maximum absolute atomic E-state index is 2.58. The van der Waals surface area contributed by atoms with E-state index in [9.17, 15) is 0 Å². The van der Waals surface area contributed by atoms with Crippen molar-refractivity contribution in [3.8, 4) is 11.1 Å². The molecule has 2 bridgehead atoms. The standard InChI is InChI=1S/C32H35N/c1-15-18(4)24-11-10-12-33-31-23(9)17(3)20(6)26-13-25-19(5)16(2)21(7)29(27(25)14-28(26)31)30(22(15)8)32(24)33/h10,12H,11,13-14H2,1-9H3. The Morgan fingerprint density at radius 2 is 0.970 bits per heavy atom. The Hall–Kier alpha value is -2.80. The van der Waals surface area contributed by atoms with Crippen LogP contribution in [0.15, 0.2) is 12.3 Å². The van der Waals surface area contributed by atoms with Gasteiger partial charge in [0.05, 0.1) is 11.4 Å². The number of fused-ring (bicyclic) bond motifs is 2. The number of nitrogens with zero attached hydrogens (tertiary/aromatic N) is 1. The first-order chi connectivity index (χ1) is 15.6. The molecule has 1 aliphatic carbocycles. The molecule has 1 heteroatoms. The molecule has 1 nitrogen and oxygen atoms in total. The summed E-state index contributed by atoms with van der Waals surface area (Å²) in [4.78, 5) is 2.58. The molecule has 3 aromatic rings. The molecule has 0 saturated heterocycles. The molecule has 0 aromatic heterocycles. The smallest absolute Gasteiger partial charge is 0.0574 e. The maximum Gasteiger partial charge on any atom is 0.0574 e. The van der Waals surface area contributed by atoms with Gasteiger partial charge in [-0.2, -0.15) is 0 Å². The number of benzene rings is 3. The molecular formula is C32H35N. The van der Waals surface area contributed by atoms with Crippen molar-refractivity contribution in [1.29, 1.82) is 0 Å². The molecule has 3 aliphatic rings. The lowest BCUT2D eigenvalue weighted by Gasteiger charge is -2.41. The second-order valence-electron chi connectivity index (χ2n) is 10.8. The summed E-state index contributed by atoms with van der Waals surface area (Å²) in [5.74, 6) is 0. The Morgan fingerprint density at radius 3 is 1.64 bits per heavy atom. The first-order valence-electron chi connectivity index (χ1n) is 12.5. The lowest BCUT2D eigenvalue weighted by atomic mass is 9.71. The van der Waals surface area contributed by atoms with Crippen LogP contribution in [0.5, 0.6) is 0 Å². The topological polar surface area (TPSA) is 3.24 Å². The van der Waals surface area contributed by atoms with E-state index < -0.39 is 0 Å². The van der Waals surface area contributed by atoms with E-state index in [1.165, 1.54) is 78.1 Å². The zero-order valence-corrected chi connectivity index (χ0v) is 21.7. The second-order valence-corrected chi connectivity index (χ2v) is 10.8. The van der Waals surface area contributed by atoms with Gasteiger partial charge in [0.1, 0.15) is 0 Å². The minimum Gasteiger partial charge on any atom is -0.316 e. The predicted octanol–water partition coefficient (Wildman–Crippen LogP) is 8.15. The van der Waals surface area contributed by atoms with Crippen molar-refractivity contribution in [1.82, 2.24) is 0 Å². The number of allylic oxidation sites excluding steroid dienone is 1. The summed E-state index contributed by atoms with van der Waals surface area (Å²) in [6.45, 7) is 21.1. The summed E-state index contributed by atoms with van der Waals surface area (Å²) in [7, 11) is 0. The van der Waals surface area contributed by atoms with Gasteiger partial charge in [-0.3, -0.25) is 0 Å². The predicted molar refractivity (Wildman–Crippen MR) is 142 cm³/mol. The van der Waals surface area contributed by atoms with Crippen molar-refractivity contribution in [3.63, 3.8) is 0 Å². The van der Waals surface area contributed by atoms with Crippen LogP contribution in [0.1, 0.15) is 77.9 Å². The van der Waals surface area contributed by atoms with E-state index in [4.69, 9.17) is 0 Å². The van der Waals surface area contributed by atoms with E-state index in [0.29, 0.717) is 0 Å². The zero-order valence-electron chi connectivity index (χ0n) is 21.7. The Balaban J connectivity index is 1.92. The van der Waals surface area contributed by atoms with Gasteiger partial charge in [-0.25, -0.2) is 0 Å². The normalized spacial score (nSPS) is 14.9. The lowest BCUT2D eigenvalue weighted by Crippen LogP contribution is -2.26. The summed E-state index contributed by atoms with van der Waals surface area (Å²) >= 11 is 0. The molecule has 3 aromatic carbocycles. The fourth-order valence-corrected chi connectivity index (χ4v) is 7.02. The number of anilines is 2. The molecule has 0 atom stereocenters. The fraction of sp³-hybridized carbons (Fsp3) is 0.375. The Morgan fingerprint density at radius 1 is 0.455 bits per heavy atom. The molecule has 2 aliphatic heterocycles.